The van der Waals surface area contributed by atoms with Gasteiger partial charge in [-0.3, -0.25) is 0 Å². The lowest BCUT2D eigenvalue weighted by atomic mass is 10.1. The molecular formula is C12H18BrN3. The lowest BCUT2D eigenvalue weighted by Crippen LogP contribution is -2.19. The fourth-order valence-electron chi connectivity index (χ4n) is 2.08. The second kappa shape index (κ2) is 5.15. The number of hydrogen-bond acceptors (Lipinski definition) is 3. The molecule has 0 aliphatic carbocycles. The molecule has 1 aliphatic rings. The Balaban J connectivity index is 1.87. The van der Waals surface area contributed by atoms with Gasteiger partial charge in [0.15, 0.2) is 0 Å². The predicted molar refractivity (Wildman–Crippen MR) is 70.8 cm³/mol. The van der Waals surface area contributed by atoms with Gasteiger partial charge in [0.1, 0.15) is 5.82 Å². The van der Waals surface area contributed by atoms with Gasteiger partial charge in [0.05, 0.1) is 0 Å². The number of nitrogens with zero attached hydrogens (tertiary/aromatic N) is 2. The summed E-state index contributed by atoms with van der Waals surface area (Å²) in [5.41, 5.74) is 1.22. The molecule has 1 saturated heterocycles. The Morgan fingerprint density at radius 2 is 2.44 bits per heavy atom. The van der Waals surface area contributed by atoms with Crippen molar-refractivity contribution in [2.24, 2.45) is 5.92 Å². The third-order valence-electron chi connectivity index (χ3n) is 3.11. The first kappa shape index (κ1) is 11.9. The number of aromatic nitrogens is 1. The van der Waals surface area contributed by atoms with E-state index in [1.54, 1.807) is 0 Å². The van der Waals surface area contributed by atoms with Crippen LogP contribution in [0.2, 0.25) is 0 Å². The van der Waals surface area contributed by atoms with Crippen molar-refractivity contribution in [3.63, 3.8) is 0 Å². The van der Waals surface area contributed by atoms with E-state index >= 15 is 0 Å². The molecule has 0 radical (unpaired) electrons. The summed E-state index contributed by atoms with van der Waals surface area (Å²) in [7, 11) is 2.18. The predicted octanol–water partition coefficient (Wildman–Crippen LogP) is 2.52. The Bertz CT molecular complexity index is 367. The van der Waals surface area contributed by atoms with E-state index in [2.05, 4.69) is 51.2 Å². The van der Waals surface area contributed by atoms with Gasteiger partial charge in [-0.25, -0.2) is 4.98 Å². The van der Waals surface area contributed by atoms with Gasteiger partial charge in [0.25, 0.3) is 0 Å². The maximum atomic E-state index is 4.35. The number of anilines is 1. The van der Waals surface area contributed by atoms with Crippen LogP contribution in [0.5, 0.6) is 0 Å². The molecule has 1 N–H and O–H groups in total. The fraction of sp³-hybridized carbons (Fsp3) is 0.583. The molecule has 1 aliphatic heterocycles. The highest BCUT2D eigenvalue weighted by molar-refractivity contribution is 9.10. The van der Waals surface area contributed by atoms with E-state index in [1.807, 2.05) is 6.20 Å². The third kappa shape index (κ3) is 2.95. The summed E-state index contributed by atoms with van der Waals surface area (Å²) in [6, 6.07) is 2.09. The lowest BCUT2D eigenvalue weighted by molar-refractivity contribution is 0.399. The summed E-state index contributed by atoms with van der Waals surface area (Å²) < 4.78 is 1.07. The van der Waals surface area contributed by atoms with E-state index < -0.39 is 0 Å². The minimum atomic E-state index is 0.760. The van der Waals surface area contributed by atoms with E-state index in [0.29, 0.717) is 0 Å². The molecule has 1 aromatic heterocycles. The van der Waals surface area contributed by atoms with Crippen molar-refractivity contribution in [3.8, 4) is 0 Å². The average Bonchev–Trinajstić information content (AvgIpc) is 2.66. The summed E-state index contributed by atoms with van der Waals surface area (Å²) in [5, 5.41) is 3.42. The van der Waals surface area contributed by atoms with Gasteiger partial charge in [-0.05, 0) is 60.4 Å². The molecule has 2 rings (SSSR count). The average molecular weight is 284 g/mol. The molecule has 1 atom stereocenters. The van der Waals surface area contributed by atoms with Crippen LogP contribution >= 0.6 is 15.9 Å². The molecule has 3 nitrogen and oxygen atoms in total. The first-order valence-electron chi connectivity index (χ1n) is 5.69. The van der Waals surface area contributed by atoms with Crippen LogP contribution in [0.3, 0.4) is 0 Å². The fourth-order valence-corrected chi connectivity index (χ4v) is 2.29. The van der Waals surface area contributed by atoms with E-state index in [0.717, 1.165) is 22.8 Å². The van der Waals surface area contributed by atoms with Crippen LogP contribution in [-0.2, 0) is 0 Å². The van der Waals surface area contributed by atoms with Crippen molar-refractivity contribution < 1.29 is 0 Å². The Kier molecular flexibility index (Phi) is 3.82. The van der Waals surface area contributed by atoms with Crippen molar-refractivity contribution in [2.45, 2.75) is 13.3 Å². The summed E-state index contributed by atoms with van der Waals surface area (Å²) in [5.74, 6) is 1.74. The highest BCUT2D eigenvalue weighted by Gasteiger charge is 2.18. The van der Waals surface area contributed by atoms with Gasteiger partial charge >= 0.3 is 0 Å². The highest BCUT2D eigenvalue weighted by Crippen LogP contribution is 2.19. The minimum absolute atomic E-state index is 0.760. The van der Waals surface area contributed by atoms with Gasteiger partial charge in [-0.2, -0.15) is 0 Å². The Morgan fingerprint density at radius 3 is 3.06 bits per heavy atom. The van der Waals surface area contributed by atoms with E-state index in [9.17, 15) is 0 Å². The number of pyridine rings is 1. The maximum Gasteiger partial charge on any atom is 0.126 e. The van der Waals surface area contributed by atoms with Crippen molar-refractivity contribution in [1.29, 1.82) is 0 Å². The number of nitrogens with one attached hydrogen (secondary N) is 1. The second-order valence-electron chi connectivity index (χ2n) is 4.62. The Morgan fingerprint density at radius 1 is 1.62 bits per heavy atom. The molecule has 2 heterocycles. The van der Waals surface area contributed by atoms with Crippen LogP contribution in [0.15, 0.2) is 16.7 Å². The molecule has 88 valence electrons. The largest absolute Gasteiger partial charge is 0.370 e. The summed E-state index contributed by atoms with van der Waals surface area (Å²) in [4.78, 5) is 6.73. The van der Waals surface area contributed by atoms with Crippen LogP contribution in [0.1, 0.15) is 12.0 Å². The van der Waals surface area contributed by atoms with Crippen LogP contribution in [0.25, 0.3) is 0 Å². The SMILES string of the molecule is Cc1cc(NCC2CCN(C)C2)ncc1Br. The van der Waals surface area contributed by atoms with E-state index in [4.69, 9.17) is 0 Å². The van der Waals surface area contributed by atoms with Gasteiger partial charge in [0, 0.05) is 23.8 Å². The standard InChI is InChI=1S/C12H18BrN3/c1-9-5-12(15-7-11(9)13)14-6-10-3-4-16(2)8-10/h5,7,10H,3-4,6,8H2,1-2H3,(H,14,15). The third-order valence-corrected chi connectivity index (χ3v) is 3.94. The van der Waals surface area contributed by atoms with Crippen molar-refractivity contribution in [1.82, 2.24) is 9.88 Å². The first-order valence-corrected chi connectivity index (χ1v) is 6.49. The number of aryl methyl sites for hydroxylation is 1. The van der Waals surface area contributed by atoms with Crippen LogP contribution in [0, 0.1) is 12.8 Å². The van der Waals surface area contributed by atoms with Crippen molar-refractivity contribution in [3.05, 3.63) is 22.3 Å². The smallest absolute Gasteiger partial charge is 0.126 e. The molecule has 4 heteroatoms. The first-order chi connectivity index (χ1) is 7.65. The number of hydrogen-bond donors (Lipinski definition) is 1. The topological polar surface area (TPSA) is 28.2 Å². The normalized spacial score (nSPS) is 21.3. The van der Waals surface area contributed by atoms with Gasteiger partial charge in [-0.15, -0.1) is 0 Å². The van der Waals surface area contributed by atoms with Gasteiger partial charge in [0.2, 0.25) is 0 Å². The highest BCUT2D eigenvalue weighted by atomic mass is 79.9. The minimum Gasteiger partial charge on any atom is -0.370 e. The monoisotopic (exact) mass is 283 g/mol. The van der Waals surface area contributed by atoms with Crippen molar-refractivity contribution in [2.75, 3.05) is 32.0 Å². The molecule has 0 spiro atoms. The van der Waals surface area contributed by atoms with Crippen molar-refractivity contribution >= 4 is 21.7 Å². The summed E-state index contributed by atoms with van der Waals surface area (Å²) in [6.45, 7) is 5.53. The Labute approximate surface area is 105 Å². The molecule has 0 bridgehead atoms. The Hall–Kier alpha value is -0.610. The van der Waals surface area contributed by atoms with Gasteiger partial charge < -0.3 is 10.2 Å². The number of rotatable bonds is 3. The lowest BCUT2D eigenvalue weighted by Gasteiger charge is -2.12. The zero-order chi connectivity index (χ0) is 11.5. The van der Waals surface area contributed by atoms with E-state index in [1.165, 1.54) is 25.1 Å². The summed E-state index contributed by atoms with van der Waals surface area (Å²) >= 11 is 3.46. The molecule has 1 unspecified atom stereocenters. The maximum absolute atomic E-state index is 4.35. The second-order valence-corrected chi connectivity index (χ2v) is 5.47. The van der Waals surface area contributed by atoms with Crippen LogP contribution in [-0.4, -0.2) is 36.6 Å². The molecule has 0 saturated carbocycles. The quantitative estimate of drug-likeness (QED) is 0.924. The molecule has 0 aromatic carbocycles. The van der Waals surface area contributed by atoms with E-state index in [-0.39, 0.29) is 0 Å². The molecule has 0 amide bonds. The zero-order valence-electron chi connectivity index (χ0n) is 9.83. The zero-order valence-corrected chi connectivity index (χ0v) is 11.4. The number of halogens is 1. The molecular weight excluding hydrogens is 266 g/mol. The van der Waals surface area contributed by atoms with Gasteiger partial charge in [-0.1, -0.05) is 0 Å². The summed E-state index contributed by atoms with van der Waals surface area (Å²) in [6.07, 6.45) is 3.15. The van der Waals surface area contributed by atoms with Crippen LogP contribution in [0.4, 0.5) is 5.82 Å². The molecule has 16 heavy (non-hydrogen) atoms. The molecule has 1 fully saturated rings. The number of likely N-dealkylation sites (tertiary alicyclic amines) is 1. The molecule has 1 aromatic rings. The van der Waals surface area contributed by atoms with Crippen LogP contribution < -0.4 is 5.32 Å².